The van der Waals surface area contributed by atoms with E-state index in [4.69, 9.17) is 0 Å². The van der Waals surface area contributed by atoms with Crippen LogP contribution in [-0.4, -0.2) is 26.7 Å². The number of fused-ring (bicyclic) bond motifs is 1. The smallest absolute Gasteiger partial charge is 0.00913 e. The molecule has 2 rings (SSSR count). The first kappa shape index (κ1) is 12.0. The van der Waals surface area contributed by atoms with Crippen LogP contribution < -0.4 is 10.6 Å². The van der Waals surface area contributed by atoms with Gasteiger partial charge in [0.15, 0.2) is 0 Å². The van der Waals surface area contributed by atoms with Crippen LogP contribution in [0.25, 0.3) is 10.8 Å². The van der Waals surface area contributed by atoms with E-state index < -0.39 is 0 Å². The first-order valence-corrected chi connectivity index (χ1v) is 9.95. The van der Waals surface area contributed by atoms with Gasteiger partial charge in [0.1, 0.15) is 0 Å². The van der Waals surface area contributed by atoms with E-state index in [1.165, 1.54) is 10.8 Å². The molecule has 2 aromatic rings. The SMILES string of the molecule is CP(C)c1ccc2ccccc2c1P(C)C. The summed E-state index contributed by atoms with van der Waals surface area (Å²) in [5.41, 5.74) is 0. The number of benzene rings is 2. The third-order valence-corrected chi connectivity index (χ3v) is 5.70. The predicted molar refractivity (Wildman–Crippen MR) is 80.8 cm³/mol. The predicted octanol–water partition coefficient (Wildman–Crippen LogP) is 3.57. The Kier molecular flexibility index (Phi) is 3.63. The molecule has 0 unspecified atom stereocenters. The second kappa shape index (κ2) is 4.82. The summed E-state index contributed by atoms with van der Waals surface area (Å²) in [6, 6.07) is 13.4. The van der Waals surface area contributed by atoms with Gasteiger partial charge in [0.05, 0.1) is 0 Å². The van der Waals surface area contributed by atoms with Crippen molar-refractivity contribution in [1.29, 1.82) is 0 Å². The normalized spacial score (nSPS) is 11.6. The molecule has 0 bridgehead atoms. The Bertz CT molecular complexity index is 501. The molecule has 0 aromatic heterocycles. The molecule has 2 heteroatoms. The highest BCUT2D eigenvalue weighted by Gasteiger charge is 2.12. The summed E-state index contributed by atoms with van der Waals surface area (Å²) in [7, 11) is -0.0382. The van der Waals surface area contributed by atoms with Crippen LogP contribution in [0.1, 0.15) is 0 Å². The molecular weight excluding hydrogens is 230 g/mol. The van der Waals surface area contributed by atoms with Gasteiger partial charge < -0.3 is 0 Å². The lowest BCUT2D eigenvalue weighted by Gasteiger charge is -2.19. The van der Waals surface area contributed by atoms with E-state index in [0.29, 0.717) is 0 Å². The zero-order valence-electron chi connectivity index (χ0n) is 10.4. The fraction of sp³-hybridized carbons (Fsp3) is 0.286. The van der Waals surface area contributed by atoms with Gasteiger partial charge in [-0.2, -0.15) is 0 Å². The monoisotopic (exact) mass is 248 g/mol. The summed E-state index contributed by atoms with van der Waals surface area (Å²) in [5.74, 6) is 0. The highest BCUT2D eigenvalue weighted by Crippen LogP contribution is 2.33. The molecule has 0 saturated carbocycles. The fourth-order valence-corrected chi connectivity index (χ4v) is 5.41. The Morgan fingerprint density at radius 1 is 0.750 bits per heavy atom. The van der Waals surface area contributed by atoms with Gasteiger partial charge in [-0.15, -0.1) is 0 Å². The molecule has 0 amide bonds. The van der Waals surface area contributed by atoms with Gasteiger partial charge >= 0.3 is 0 Å². The van der Waals surface area contributed by atoms with Gasteiger partial charge in [-0.25, -0.2) is 0 Å². The highest BCUT2D eigenvalue weighted by molar-refractivity contribution is 7.71. The fourth-order valence-electron chi connectivity index (χ4n) is 2.07. The Balaban J connectivity index is 2.79. The van der Waals surface area contributed by atoms with Gasteiger partial charge in [0, 0.05) is 0 Å². The van der Waals surface area contributed by atoms with E-state index in [1.54, 1.807) is 10.6 Å². The molecule has 0 N–H and O–H groups in total. The van der Waals surface area contributed by atoms with E-state index in [1.807, 2.05) is 0 Å². The van der Waals surface area contributed by atoms with Crippen molar-refractivity contribution in [2.75, 3.05) is 26.7 Å². The molecule has 0 atom stereocenters. The number of rotatable bonds is 2. The standard InChI is InChI=1S/C14H18P2/c1-15(2)13-10-9-11-7-5-6-8-12(11)14(13)16(3)4/h5-10H,1-4H3. The lowest BCUT2D eigenvalue weighted by molar-refractivity contribution is 1.80. The van der Waals surface area contributed by atoms with Crippen LogP contribution in [0.2, 0.25) is 0 Å². The molecule has 0 fully saturated rings. The van der Waals surface area contributed by atoms with Crippen LogP contribution in [0.4, 0.5) is 0 Å². The molecule has 0 aliphatic carbocycles. The largest absolute Gasteiger partial charge is 0.0810 e. The van der Waals surface area contributed by atoms with Gasteiger partial charge in [0.25, 0.3) is 0 Å². The van der Waals surface area contributed by atoms with Crippen LogP contribution >= 0.6 is 15.8 Å². The Morgan fingerprint density at radius 3 is 2.06 bits per heavy atom. The van der Waals surface area contributed by atoms with Crippen LogP contribution in [0.5, 0.6) is 0 Å². The van der Waals surface area contributed by atoms with E-state index >= 15 is 0 Å². The average Bonchev–Trinajstić information content (AvgIpc) is 2.27. The summed E-state index contributed by atoms with van der Waals surface area (Å²) < 4.78 is 0. The topological polar surface area (TPSA) is 0 Å². The Labute approximate surface area is 101 Å². The summed E-state index contributed by atoms with van der Waals surface area (Å²) in [6.45, 7) is 9.42. The van der Waals surface area contributed by atoms with Crippen LogP contribution in [0.3, 0.4) is 0 Å². The van der Waals surface area contributed by atoms with Crippen LogP contribution in [0, 0.1) is 0 Å². The highest BCUT2D eigenvalue weighted by atomic mass is 31.1. The maximum Gasteiger partial charge on any atom is -0.00913 e. The maximum atomic E-state index is 2.36. The molecule has 2 aromatic carbocycles. The lowest BCUT2D eigenvalue weighted by Crippen LogP contribution is -2.21. The lowest BCUT2D eigenvalue weighted by atomic mass is 10.1. The third kappa shape index (κ3) is 2.15. The van der Waals surface area contributed by atoms with Gasteiger partial charge in [-0.3, -0.25) is 0 Å². The van der Waals surface area contributed by atoms with Crippen molar-refractivity contribution in [3.05, 3.63) is 36.4 Å². The number of hydrogen-bond donors (Lipinski definition) is 0. The quantitative estimate of drug-likeness (QED) is 0.713. The van der Waals surface area contributed by atoms with E-state index in [0.717, 1.165) is 0 Å². The van der Waals surface area contributed by atoms with Crippen molar-refractivity contribution in [2.45, 2.75) is 0 Å². The molecule has 0 aliphatic heterocycles. The van der Waals surface area contributed by atoms with Gasteiger partial charge in [-0.05, 0) is 48.0 Å². The number of hydrogen-bond acceptors (Lipinski definition) is 0. The van der Waals surface area contributed by atoms with Gasteiger partial charge in [-0.1, -0.05) is 52.2 Å². The summed E-state index contributed by atoms with van der Waals surface area (Å²) in [5, 5.41) is 6.05. The molecule has 0 heterocycles. The zero-order chi connectivity index (χ0) is 11.7. The second-order valence-electron chi connectivity index (χ2n) is 4.44. The minimum absolute atomic E-state index is 0.00582. The van der Waals surface area contributed by atoms with Crippen molar-refractivity contribution < 1.29 is 0 Å². The molecule has 0 radical (unpaired) electrons. The van der Waals surface area contributed by atoms with Crippen molar-refractivity contribution in [3.63, 3.8) is 0 Å². The Hall–Kier alpha value is -0.440. The van der Waals surface area contributed by atoms with Crippen molar-refractivity contribution in [3.8, 4) is 0 Å². The van der Waals surface area contributed by atoms with Crippen molar-refractivity contribution >= 4 is 37.2 Å². The van der Waals surface area contributed by atoms with E-state index in [2.05, 4.69) is 63.1 Å². The third-order valence-electron chi connectivity index (χ3n) is 2.81. The maximum absolute atomic E-state index is 2.36. The van der Waals surface area contributed by atoms with E-state index in [-0.39, 0.29) is 15.8 Å². The van der Waals surface area contributed by atoms with E-state index in [9.17, 15) is 0 Å². The first-order chi connectivity index (χ1) is 7.61. The Morgan fingerprint density at radius 2 is 1.44 bits per heavy atom. The summed E-state index contributed by atoms with van der Waals surface area (Å²) >= 11 is 0. The average molecular weight is 248 g/mol. The minimum Gasteiger partial charge on any atom is -0.0810 e. The van der Waals surface area contributed by atoms with Crippen molar-refractivity contribution in [1.82, 2.24) is 0 Å². The minimum atomic E-state index is -0.0324. The first-order valence-electron chi connectivity index (χ1n) is 5.47. The molecule has 0 nitrogen and oxygen atoms in total. The molecule has 84 valence electrons. The molecule has 0 aliphatic rings. The molecule has 0 spiro atoms. The zero-order valence-corrected chi connectivity index (χ0v) is 12.1. The molecule has 16 heavy (non-hydrogen) atoms. The van der Waals surface area contributed by atoms with Crippen LogP contribution in [-0.2, 0) is 0 Å². The molecule has 0 saturated heterocycles. The van der Waals surface area contributed by atoms with Crippen LogP contribution in [0.15, 0.2) is 36.4 Å². The summed E-state index contributed by atoms with van der Waals surface area (Å²) in [6.07, 6.45) is 0. The van der Waals surface area contributed by atoms with Gasteiger partial charge in [0.2, 0.25) is 0 Å². The molecular formula is C14H18P2. The van der Waals surface area contributed by atoms with Crippen molar-refractivity contribution in [2.24, 2.45) is 0 Å². The second-order valence-corrected chi connectivity index (χ2v) is 8.95. The summed E-state index contributed by atoms with van der Waals surface area (Å²) in [4.78, 5) is 0.